The highest BCUT2D eigenvalue weighted by atomic mass is 16.3. The van der Waals surface area contributed by atoms with Crippen molar-refractivity contribution in [2.24, 2.45) is 0 Å². The van der Waals surface area contributed by atoms with Gasteiger partial charge in [-0.15, -0.1) is 0 Å². The summed E-state index contributed by atoms with van der Waals surface area (Å²) in [5.41, 5.74) is 8.01. The molecule has 3 aromatic heterocycles. The van der Waals surface area contributed by atoms with Crippen LogP contribution >= 0.6 is 0 Å². The molecule has 0 radical (unpaired) electrons. The van der Waals surface area contributed by atoms with Crippen molar-refractivity contribution < 1.29 is 4.42 Å². The van der Waals surface area contributed by atoms with Gasteiger partial charge in [-0.05, 0) is 52.2 Å². The summed E-state index contributed by atoms with van der Waals surface area (Å²) in [5, 5.41) is 20.2. The van der Waals surface area contributed by atoms with E-state index in [0.717, 1.165) is 44.1 Å². The largest absolute Gasteiger partial charge is 0.456 e. The summed E-state index contributed by atoms with van der Waals surface area (Å²) >= 11 is 0. The second kappa shape index (κ2) is 7.84. The van der Waals surface area contributed by atoms with E-state index in [1.165, 1.54) is 32.6 Å². The van der Waals surface area contributed by atoms with Crippen LogP contribution in [-0.4, -0.2) is 16.2 Å². The normalized spacial score (nSPS) is 15.6. The van der Waals surface area contributed by atoms with Crippen molar-refractivity contribution in [1.29, 1.82) is 5.41 Å². The van der Waals surface area contributed by atoms with Crippen LogP contribution in [0.2, 0.25) is 0 Å². The minimum atomic E-state index is -0.138. The Labute approximate surface area is 229 Å². The van der Waals surface area contributed by atoms with Crippen molar-refractivity contribution in [3.63, 3.8) is 0 Å². The van der Waals surface area contributed by atoms with Gasteiger partial charge in [0.15, 0.2) is 0 Å². The van der Waals surface area contributed by atoms with Crippen LogP contribution in [0.5, 0.6) is 0 Å². The van der Waals surface area contributed by atoms with E-state index in [1.54, 1.807) is 0 Å². The number of rotatable bonds is 3. The number of benzene rings is 5. The molecule has 0 amide bonds. The summed E-state index contributed by atoms with van der Waals surface area (Å²) in [5.74, 6) is 0. The van der Waals surface area contributed by atoms with E-state index < -0.39 is 0 Å². The zero-order valence-corrected chi connectivity index (χ0v) is 21.5. The summed E-state index contributed by atoms with van der Waals surface area (Å²) in [7, 11) is 0. The van der Waals surface area contributed by atoms with Crippen molar-refractivity contribution >= 4 is 71.3 Å². The molecule has 1 aliphatic rings. The van der Waals surface area contributed by atoms with Crippen LogP contribution < -0.4 is 5.32 Å². The predicted octanol–water partition coefficient (Wildman–Crippen LogP) is 9.33. The highest BCUT2D eigenvalue weighted by Gasteiger charge is 2.20. The van der Waals surface area contributed by atoms with Gasteiger partial charge < -0.3 is 19.5 Å². The molecule has 1 unspecified atom stereocenters. The lowest BCUT2D eigenvalue weighted by Gasteiger charge is -2.16. The van der Waals surface area contributed by atoms with E-state index >= 15 is 0 Å². The fraction of sp³-hybridized carbons (Fsp3) is 0.0278. The molecule has 9 rings (SSSR count). The van der Waals surface area contributed by atoms with Crippen LogP contribution in [0.1, 0.15) is 0 Å². The molecule has 188 valence electrons. The Kier molecular flexibility index (Phi) is 4.23. The molecule has 40 heavy (non-hydrogen) atoms. The Bertz CT molecular complexity index is 2380. The number of hydrogen-bond acceptors (Lipinski definition) is 3. The Balaban J connectivity index is 1.21. The molecule has 4 nitrogen and oxygen atoms in total. The Hall–Kier alpha value is -5.35. The minimum Gasteiger partial charge on any atom is -0.456 e. The summed E-state index contributed by atoms with van der Waals surface area (Å²) in [6.45, 7) is 0. The summed E-state index contributed by atoms with van der Waals surface area (Å²) in [6.07, 6.45) is 9.92. The van der Waals surface area contributed by atoms with Crippen molar-refractivity contribution in [1.82, 2.24) is 4.40 Å². The van der Waals surface area contributed by atoms with Gasteiger partial charge in [0.2, 0.25) is 0 Å². The number of fused-ring (bicyclic) bond motifs is 7. The summed E-state index contributed by atoms with van der Waals surface area (Å²) in [4.78, 5) is 0. The molecule has 4 heteroatoms. The smallest absolute Gasteiger partial charge is 0.137 e. The van der Waals surface area contributed by atoms with Crippen LogP contribution in [0, 0.1) is 5.41 Å². The third kappa shape index (κ3) is 2.99. The number of anilines is 1. The molecule has 0 aliphatic heterocycles. The summed E-state index contributed by atoms with van der Waals surface area (Å²) in [6, 6.07) is 32.4. The van der Waals surface area contributed by atoms with E-state index in [2.05, 4.69) is 107 Å². The maximum atomic E-state index is 8.31. The molecular formula is C36H23N3O. The van der Waals surface area contributed by atoms with Gasteiger partial charge in [0, 0.05) is 39.2 Å². The first-order valence-corrected chi connectivity index (χ1v) is 13.6. The number of hydrogen-bond donors (Lipinski definition) is 2. The van der Waals surface area contributed by atoms with Gasteiger partial charge in [-0.25, -0.2) is 0 Å². The first-order chi connectivity index (χ1) is 19.7. The van der Waals surface area contributed by atoms with Gasteiger partial charge in [-0.3, -0.25) is 0 Å². The minimum absolute atomic E-state index is 0.138. The number of para-hydroxylation sites is 1. The SMILES string of the molecule is N=C1C=CC=CC1Nc1cn2c3cc4oc5cc(-c6ccc7ccccc7c6)ccc5c4cc3c3cccc1c32. The lowest BCUT2D eigenvalue weighted by atomic mass is 10.00. The van der Waals surface area contributed by atoms with Crippen LogP contribution in [-0.2, 0) is 0 Å². The first kappa shape index (κ1) is 21.6. The molecule has 5 aromatic carbocycles. The molecule has 0 bridgehead atoms. The molecule has 0 fully saturated rings. The molecule has 2 N–H and O–H groups in total. The number of furan rings is 1. The van der Waals surface area contributed by atoms with Gasteiger partial charge in [0.1, 0.15) is 11.2 Å². The van der Waals surface area contributed by atoms with Crippen LogP contribution in [0.25, 0.3) is 71.0 Å². The van der Waals surface area contributed by atoms with E-state index in [4.69, 9.17) is 9.83 Å². The third-order valence-electron chi connectivity index (χ3n) is 8.38. The molecule has 8 aromatic rings. The molecule has 0 spiro atoms. The van der Waals surface area contributed by atoms with Gasteiger partial charge >= 0.3 is 0 Å². The molecule has 1 atom stereocenters. The van der Waals surface area contributed by atoms with Crippen LogP contribution in [0.4, 0.5) is 5.69 Å². The number of allylic oxidation sites excluding steroid dienone is 2. The maximum Gasteiger partial charge on any atom is 0.137 e. The first-order valence-electron chi connectivity index (χ1n) is 13.6. The monoisotopic (exact) mass is 513 g/mol. The maximum absolute atomic E-state index is 8.31. The second-order valence-corrected chi connectivity index (χ2v) is 10.7. The quantitative estimate of drug-likeness (QED) is 0.247. The summed E-state index contributed by atoms with van der Waals surface area (Å²) < 4.78 is 8.76. The Morgan fingerprint density at radius 2 is 1.50 bits per heavy atom. The average molecular weight is 514 g/mol. The lowest BCUT2D eigenvalue weighted by molar-refractivity contribution is 0.669. The second-order valence-electron chi connectivity index (χ2n) is 10.7. The van der Waals surface area contributed by atoms with E-state index in [-0.39, 0.29) is 6.04 Å². The highest BCUT2D eigenvalue weighted by molar-refractivity contribution is 6.21. The standard InChI is InChI=1S/C36H23N3O/c37-30-10-3-4-11-31(30)38-32-20-39-33-19-35-29(18-28(33)26-8-5-9-27(32)36(26)39)25-15-14-24(17-34(25)40-35)23-13-12-21-6-1-2-7-22(21)16-23/h1-20,31,37-38H. The van der Waals surface area contributed by atoms with E-state index in [1.807, 2.05) is 24.3 Å². The zero-order chi connectivity index (χ0) is 26.4. The fourth-order valence-electron chi connectivity index (χ4n) is 6.42. The van der Waals surface area contributed by atoms with Gasteiger partial charge in [0.05, 0.1) is 28.5 Å². The molecular weight excluding hydrogens is 490 g/mol. The number of nitrogens with one attached hydrogen (secondary N) is 2. The molecule has 0 saturated carbocycles. The highest BCUT2D eigenvalue weighted by Crippen LogP contribution is 2.41. The third-order valence-corrected chi connectivity index (χ3v) is 8.38. The Morgan fingerprint density at radius 1 is 0.675 bits per heavy atom. The molecule has 0 saturated heterocycles. The fourth-order valence-corrected chi connectivity index (χ4v) is 6.42. The van der Waals surface area contributed by atoms with Crippen LogP contribution in [0.15, 0.2) is 126 Å². The topological polar surface area (TPSA) is 53.4 Å². The Morgan fingerprint density at radius 3 is 2.42 bits per heavy atom. The van der Waals surface area contributed by atoms with Gasteiger partial charge in [0.25, 0.3) is 0 Å². The number of nitrogens with zero attached hydrogens (tertiary/aromatic N) is 1. The van der Waals surface area contributed by atoms with Gasteiger partial charge in [-0.2, -0.15) is 0 Å². The van der Waals surface area contributed by atoms with Crippen molar-refractivity contribution in [3.05, 3.63) is 121 Å². The van der Waals surface area contributed by atoms with Crippen molar-refractivity contribution in [2.75, 3.05) is 5.32 Å². The van der Waals surface area contributed by atoms with Crippen LogP contribution in [0.3, 0.4) is 0 Å². The average Bonchev–Trinajstić information content (AvgIpc) is 3.64. The predicted molar refractivity (Wildman–Crippen MR) is 167 cm³/mol. The van der Waals surface area contributed by atoms with Gasteiger partial charge in [-0.1, -0.05) is 78.9 Å². The zero-order valence-electron chi connectivity index (χ0n) is 21.5. The molecule has 3 heterocycles. The lowest BCUT2D eigenvalue weighted by Crippen LogP contribution is -2.26. The van der Waals surface area contributed by atoms with Crippen molar-refractivity contribution in [2.45, 2.75) is 6.04 Å². The number of aromatic nitrogens is 1. The van der Waals surface area contributed by atoms with E-state index in [9.17, 15) is 0 Å². The van der Waals surface area contributed by atoms with Crippen molar-refractivity contribution in [3.8, 4) is 11.1 Å². The van der Waals surface area contributed by atoms with E-state index in [0.29, 0.717) is 5.71 Å². The molecule has 1 aliphatic carbocycles.